The molecule has 2 fully saturated rings. The van der Waals surface area contributed by atoms with Gasteiger partial charge in [-0.05, 0) is 50.3 Å². The number of fused-ring (bicyclic) bond motifs is 1. The molecule has 0 aromatic heterocycles. The van der Waals surface area contributed by atoms with Gasteiger partial charge in [-0.25, -0.2) is 9.18 Å². The van der Waals surface area contributed by atoms with Crippen molar-refractivity contribution in [3.05, 3.63) is 40.8 Å². The zero-order valence-electron chi connectivity index (χ0n) is 17.5. The van der Waals surface area contributed by atoms with Crippen LogP contribution < -0.4 is 11.1 Å². The Labute approximate surface area is 186 Å². The predicted molar refractivity (Wildman–Crippen MR) is 115 cm³/mol. The summed E-state index contributed by atoms with van der Waals surface area (Å²) < 4.78 is 13.8. The van der Waals surface area contributed by atoms with Gasteiger partial charge in [0, 0.05) is 31.2 Å². The number of hydrogen-bond acceptors (Lipinski definition) is 4. The van der Waals surface area contributed by atoms with Gasteiger partial charge in [0.15, 0.2) is 0 Å². The molecule has 1 aromatic carbocycles. The number of carbonyl (C=O) groups excluding carboxylic acids is 2. The molecule has 2 atom stereocenters. The van der Waals surface area contributed by atoms with Gasteiger partial charge in [0.2, 0.25) is 5.91 Å². The molecule has 0 radical (unpaired) electrons. The standard InChI is InChI=1S/C22H28ClFN4O3/c1-22(31)7-5-15(6-8-22)26-21(30)27-9-10-28-16(12-27)18(20(25)29)17(19(28)23)13-3-2-4-14(24)11-13/h2-4,11,15-16,18,31H,5-10,12H2,1H3,(H2,25,29)(H,26,30)/t15?,16-,18+,22?/m1/s1. The fraction of sp³-hybridized carbons (Fsp3) is 0.545. The summed E-state index contributed by atoms with van der Waals surface area (Å²) in [6.07, 6.45) is 2.75. The van der Waals surface area contributed by atoms with Crippen LogP contribution in [-0.4, -0.2) is 64.2 Å². The third-order valence-electron chi connectivity index (χ3n) is 6.71. The topological polar surface area (TPSA) is 98.9 Å². The number of nitrogens with one attached hydrogen (secondary N) is 1. The van der Waals surface area contributed by atoms with Gasteiger partial charge in [-0.3, -0.25) is 4.79 Å². The number of hydrogen-bond donors (Lipinski definition) is 3. The van der Waals surface area contributed by atoms with Crippen LogP contribution >= 0.6 is 11.6 Å². The fourth-order valence-electron chi connectivity index (χ4n) is 4.94. The smallest absolute Gasteiger partial charge is 0.317 e. The van der Waals surface area contributed by atoms with Crippen molar-refractivity contribution < 1.29 is 19.1 Å². The summed E-state index contributed by atoms with van der Waals surface area (Å²) in [5.41, 5.74) is 6.10. The number of benzene rings is 1. The second-order valence-electron chi connectivity index (χ2n) is 9.02. The van der Waals surface area contributed by atoms with Crippen molar-refractivity contribution in [2.24, 2.45) is 11.7 Å². The quantitative estimate of drug-likeness (QED) is 0.615. The summed E-state index contributed by atoms with van der Waals surface area (Å²) >= 11 is 6.62. The van der Waals surface area contributed by atoms with Crippen LogP contribution in [0.3, 0.4) is 0 Å². The van der Waals surface area contributed by atoms with Gasteiger partial charge in [-0.1, -0.05) is 23.7 Å². The van der Waals surface area contributed by atoms with E-state index in [0.29, 0.717) is 48.8 Å². The summed E-state index contributed by atoms with van der Waals surface area (Å²) in [6, 6.07) is 5.38. The molecule has 1 saturated carbocycles. The summed E-state index contributed by atoms with van der Waals surface area (Å²) in [5, 5.41) is 13.5. The molecule has 168 valence electrons. The van der Waals surface area contributed by atoms with Gasteiger partial charge >= 0.3 is 6.03 Å². The molecular weight excluding hydrogens is 423 g/mol. The van der Waals surface area contributed by atoms with E-state index in [2.05, 4.69) is 5.32 Å². The van der Waals surface area contributed by atoms with E-state index in [1.165, 1.54) is 12.1 Å². The third kappa shape index (κ3) is 4.36. The van der Waals surface area contributed by atoms with E-state index in [9.17, 15) is 19.1 Å². The molecule has 2 aliphatic heterocycles. The maximum Gasteiger partial charge on any atom is 0.317 e. The van der Waals surface area contributed by atoms with Crippen molar-refractivity contribution in [3.63, 3.8) is 0 Å². The molecule has 9 heteroatoms. The monoisotopic (exact) mass is 450 g/mol. The van der Waals surface area contributed by atoms with Crippen molar-refractivity contribution in [3.8, 4) is 0 Å². The number of nitrogens with zero attached hydrogens (tertiary/aromatic N) is 2. The van der Waals surface area contributed by atoms with Crippen molar-refractivity contribution in [1.29, 1.82) is 0 Å². The first-order valence-corrected chi connectivity index (χ1v) is 11.0. The molecule has 1 aliphatic carbocycles. The Morgan fingerprint density at radius 2 is 2.00 bits per heavy atom. The third-order valence-corrected chi connectivity index (χ3v) is 7.13. The lowest BCUT2D eigenvalue weighted by molar-refractivity contribution is -0.121. The van der Waals surface area contributed by atoms with E-state index in [4.69, 9.17) is 17.3 Å². The second-order valence-corrected chi connectivity index (χ2v) is 9.38. The maximum atomic E-state index is 13.8. The number of nitrogens with two attached hydrogens (primary N) is 1. The molecule has 7 nitrogen and oxygen atoms in total. The molecule has 4 rings (SSSR count). The molecule has 3 aliphatic rings. The highest BCUT2D eigenvalue weighted by atomic mass is 35.5. The average Bonchev–Trinajstić information content (AvgIpc) is 3.01. The fourth-order valence-corrected chi connectivity index (χ4v) is 5.37. The Balaban J connectivity index is 1.49. The first kappa shape index (κ1) is 21.9. The first-order valence-electron chi connectivity index (χ1n) is 10.7. The molecule has 0 bridgehead atoms. The van der Waals surface area contributed by atoms with Crippen molar-refractivity contribution in [1.82, 2.24) is 15.1 Å². The Morgan fingerprint density at radius 1 is 1.29 bits per heavy atom. The van der Waals surface area contributed by atoms with Crippen LogP contribution in [0.2, 0.25) is 0 Å². The lowest BCUT2D eigenvalue weighted by Gasteiger charge is -2.41. The van der Waals surface area contributed by atoms with Gasteiger partial charge in [-0.15, -0.1) is 0 Å². The highest BCUT2D eigenvalue weighted by Gasteiger charge is 2.47. The number of aliphatic hydroxyl groups is 1. The van der Waals surface area contributed by atoms with E-state index in [1.807, 2.05) is 11.8 Å². The summed E-state index contributed by atoms with van der Waals surface area (Å²) in [5.74, 6) is -1.72. The highest BCUT2D eigenvalue weighted by Crippen LogP contribution is 2.43. The van der Waals surface area contributed by atoms with E-state index in [-0.39, 0.29) is 12.1 Å². The summed E-state index contributed by atoms with van der Waals surface area (Å²) in [4.78, 5) is 28.9. The Bertz CT molecular complexity index is 912. The zero-order valence-corrected chi connectivity index (χ0v) is 18.2. The van der Waals surface area contributed by atoms with E-state index in [0.717, 1.165) is 12.8 Å². The zero-order chi connectivity index (χ0) is 22.3. The number of halogens is 2. The van der Waals surface area contributed by atoms with E-state index < -0.39 is 29.3 Å². The van der Waals surface area contributed by atoms with Gasteiger partial charge in [0.25, 0.3) is 0 Å². The number of carbonyl (C=O) groups is 2. The van der Waals surface area contributed by atoms with Crippen LogP contribution in [0.4, 0.5) is 9.18 Å². The van der Waals surface area contributed by atoms with Crippen LogP contribution in [0.1, 0.15) is 38.2 Å². The van der Waals surface area contributed by atoms with Crippen molar-refractivity contribution in [2.75, 3.05) is 19.6 Å². The average molecular weight is 451 g/mol. The minimum atomic E-state index is -0.741. The van der Waals surface area contributed by atoms with Gasteiger partial charge in [0.05, 0.1) is 17.6 Å². The Morgan fingerprint density at radius 3 is 2.65 bits per heavy atom. The molecule has 0 spiro atoms. The Hall–Kier alpha value is -2.32. The highest BCUT2D eigenvalue weighted by molar-refractivity contribution is 6.33. The lowest BCUT2D eigenvalue weighted by atomic mass is 9.84. The molecule has 1 saturated heterocycles. The normalized spacial score (nSPS) is 30.9. The van der Waals surface area contributed by atoms with Crippen LogP contribution in [0.25, 0.3) is 5.57 Å². The molecular formula is C22H28ClFN4O3. The van der Waals surface area contributed by atoms with Gasteiger partial charge in [0.1, 0.15) is 11.0 Å². The Kier molecular flexibility index (Phi) is 5.87. The molecule has 2 heterocycles. The minimum Gasteiger partial charge on any atom is -0.390 e. The van der Waals surface area contributed by atoms with Gasteiger partial charge < -0.3 is 26.0 Å². The van der Waals surface area contributed by atoms with Gasteiger partial charge in [-0.2, -0.15) is 0 Å². The molecule has 31 heavy (non-hydrogen) atoms. The SMILES string of the molecule is CC1(O)CCC(NC(=O)N2CCN3C(Cl)=C(c4cccc(F)c4)[C@@H](C(N)=O)[C@H]3C2)CC1. The molecule has 3 amide bonds. The molecule has 4 N–H and O–H groups in total. The second kappa shape index (κ2) is 8.31. The minimum absolute atomic E-state index is 0.0193. The number of primary amides is 1. The van der Waals surface area contributed by atoms with Crippen molar-refractivity contribution >= 4 is 29.1 Å². The summed E-state index contributed by atoms with van der Waals surface area (Å²) in [6.45, 7) is 3.02. The number of amides is 3. The van der Waals surface area contributed by atoms with E-state index >= 15 is 0 Å². The number of rotatable bonds is 3. The molecule has 0 unspecified atom stereocenters. The maximum absolute atomic E-state index is 13.8. The van der Waals surface area contributed by atoms with Crippen LogP contribution in [-0.2, 0) is 4.79 Å². The summed E-state index contributed by atoms with van der Waals surface area (Å²) in [7, 11) is 0. The van der Waals surface area contributed by atoms with Crippen LogP contribution in [0.5, 0.6) is 0 Å². The van der Waals surface area contributed by atoms with Crippen molar-refractivity contribution in [2.45, 2.75) is 50.3 Å². The number of piperazine rings is 1. The van der Waals surface area contributed by atoms with Crippen LogP contribution in [0, 0.1) is 11.7 Å². The lowest BCUT2D eigenvalue weighted by Crippen LogP contribution is -2.58. The number of urea groups is 1. The van der Waals surface area contributed by atoms with Crippen LogP contribution in [0.15, 0.2) is 29.4 Å². The van der Waals surface area contributed by atoms with E-state index in [1.54, 1.807) is 17.0 Å². The predicted octanol–water partition coefficient (Wildman–Crippen LogP) is 2.24. The molecule has 1 aromatic rings. The first-order chi connectivity index (χ1) is 14.7. The largest absolute Gasteiger partial charge is 0.390 e.